The van der Waals surface area contributed by atoms with Gasteiger partial charge >= 0.3 is 12.1 Å². The van der Waals surface area contributed by atoms with Crippen molar-refractivity contribution in [2.75, 3.05) is 20.2 Å². The zero-order valence-electron chi connectivity index (χ0n) is 13.8. The Morgan fingerprint density at radius 1 is 1.05 bits per heavy atom. The number of nitrogens with zero attached hydrogens (tertiary/aromatic N) is 1. The fourth-order valence-electron chi connectivity index (χ4n) is 1.21. The third kappa shape index (κ3) is 6.73. The molecule has 0 N–H and O–H groups in total. The lowest BCUT2D eigenvalue weighted by Crippen LogP contribution is -2.50. The largest absolute Gasteiger partial charge is 0.468 e. The Kier molecular flexibility index (Phi) is 6.14. The van der Waals surface area contributed by atoms with Crippen molar-refractivity contribution in [1.29, 1.82) is 0 Å². The summed E-state index contributed by atoms with van der Waals surface area (Å²) in [4.78, 5) is 24.0. The molecule has 5 nitrogen and oxygen atoms in total. The first-order chi connectivity index (χ1) is 9.19. The molecule has 0 radical (unpaired) electrons. The van der Waals surface area contributed by atoms with Crippen LogP contribution in [0.25, 0.3) is 0 Å². The minimum absolute atomic E-state index is 0.586. The van der Waals surface area contributed by atoms with Gasteiger partial charge in [0.15, 0.2) is 0 Å². The van der Waals surface area contributed by atoms with Gasteiger partial charge in [-0.3, -0.25) is 9.69 Å². The second-order valence-corrected chi connectivity index (χ2v) is 6.87. The summed E-state index contributed by atoms with van der Waals surface area (Å²) < 4.78 is 37.7. The van der Waals surface area contributed by atoms with Crippen molar-refractivity contribution in [3.63, 3.8) is 0 Å². The van der Waals surface area contributed by atoms with Crippen molar-refractivity contribution in [2.24, 2.45) is 5.41 Å². The summed E-state index contributed by atoms with van der Waals surface area (Å²) in [6.45, 7) is 7.42. The molecule has 1 amide bonds. The van der Waals surface area contributed by atoms with Crippen LogP contribution in [0.3, 0.4) is 0 Å². The summed E-state index contributed by atoms with van der Waals surface area (Å²) in [6, 6.07) is 0. The molecule has 7 heteroatoms. The van der Waals surface area contributed by atoms with Gasteiger partial charge in [0.1, 0.15) is 12.1 Å². The first-order valence-electron chi connectivity index (χ1n) is 6.62. The molecular formula is C14H25F2NO4. The Bertz CT molecular complexity index is 383. The number of hydrogen-bond acceptors (Lipinski definition) is 4. The minimum atomic E-state index is -3.18. The molecule has 0 spiro atoms. The van der Waals surface area contributed by atoms with Gasteiger partial charge in [-0.1, -0.05) is 20.8 Å². The number of carbonyl (C=O) groups excluding carboxylic acids is 2. The molecule has 0 atom stereocenters. The van der Waals surface area contributed by atoms with Crippen LogP contribution in [0.1, 0.15) is 41.5 Å². The first-order valence-corrected chi connectivity index (χ1v) is 6.62. The highest BCUT2D eigenvalue weighted by atomic mass is 19.3. The predicted octanol–water partition coefficient (Wildman–Crippen LogP) is 3.08. The molecule has 0 rings (SSSR count). The molecule has 0 unspecified atom stereocenters. The Hall–Kier alpha value is -1.40. The van der Waals surface area contributed by atoms with E-state index in [1.54, 1.807) is 20.8 Å². The maximum Gasteiger partial charge on any atom is 0.411 e. The Morgan fingerprint density at radius 3 is 1.86 bits per heavy atom. The van der Waals surface area contributed by atoms with Gasteiger partial charge in [0.05, 0.1) is 13.7 Å². The predicted molar refractivity (Wildman–Crippen MR) is 74.2 cm³/mol. The van der Waals surface area contributed by atoms with E-state index in [2.05, 4.69) is 4.74 Å². The van der Waals surface area contributed by atoms with E-state index in [0.29, 0.717) is 4.90 Å². The van der Waals surface area contributed by atoms with Crippen LogP contribution in [0.4, 0.5) is 13.6 Å². The maximum absolute atomic E-state index is 14.1. The van der Waals surface area contributed by atoms with Crippen molar-refractivity contribution in [3.8, 4) is 0 Å². The van der Waals surface area contributed by atoms with E-state index in [1.807, 2.05) is 0 Å². The molecule has 0 fully saturated rings. The number of rotatable bonds is 4. The Morgan fingerprint density at radius 2 is 1.52 bits per heavy atom. The van der Waals surface area contributed by atoms with Crippen molar-refractivity contribution < 1.29 is 27.8 Å². The minimum Gasteiger partial charge on any atom is -0.468 e. The van der Waals surface area contributed by atoms with Gasteiger partial charge in [0, 0.05) is 5.41 Å². The van der Waals surface area contributed by atoms with E-state index in [9.17, 15) is 18.4 Å². The Balaban J connectivity index is 5.16. The number of esters is 1. The van der Waals surface area contributed by atoms with Crippen LogP contribution in [0.15, 0.2) is 0 Å². The molecule has 0 aliphatic carbocycles. The maximum atomic E-state index is 14.1. The molecule has 0 aromatic carbocycles. The number of halogens is 2. The Labute approximate surface area is 124 Å². The summed E-state index contributed by atoms with van der Waals surface area (Å²) in [5.41, 5.74) is -2.20. The topological polar surface area (TPSA) is 55.8 Å². The molecular weight excluding hydrogens is 284 g/mol. The van der Waals surface area contributed by atoms with Gasteiger partial charge in [-0.2, -0.15) is 0 Å². The summed E-state index contributed by atoms with van der Waals surface area (Å²) in [5, 5.41) is 0. The van der Waals surface area contributed by atoms with Crippen LogP contribution >= 0.6 is 0 Å². The second-order valence-electron chi connectivity index (χ2n) is 6.87. The third-order valence-electron chi connectivity index (χ3n) is 2.69. The fourth-order valence-corrected chi connectivity index (χ4v) is 1.21. The highest BCUT2D eigenvalue weighted by Crippen LogP contribution is 2.36. The number of amides is 1. The van der Waals surface area contributed by atoms with E-state index in [1.165, 1.54) is 20.8 Å². The molecule has 21 heavy (non-hydrogen) atoms. The SMILES string of the molecule is COC(=O)CN(CC(F)(F)C(C)(C)C)C(=O)OC(C)(C)C. The molecule has 0 aliphatic rings. The summed E-state index contributed by atoms with van der Waals surface area (Å²) >= 11 is 0. The van der Waals surface area contributed by atoms with Crippen LogP contribution in [0.5, 0.6) is 0 Å². The lowest BCUT2D eigenvalue weighted by atomic mass is 9.87. The van der Waals surface area contributed by atoms with Gasteiger partial charge in [-0.05, 0) is 20.8 Å². The van der Waals surface area contributed by atoms with Gasteiger partial charge in [-0.15, -0.1) is 0 Å². The van der Waals surface area contributed by atoms with Crippen molar-refractivity contribution in [3.05, 3.63) is 0 Å². The fraction of sp³-hybridized carbons (Fsp3) is 0.857. The molecule has 0 saturated carbocycles. The van der Waals surface area contributed by atoms with Crippen molar-refractivity contribution >= 4 is 12.1 Å². The van der Waals surface area contributed by atoms with Crippen LogP contribution in [0, 0.1) is 5.41 Å². The second kappa shape index (κ2) is 6.58. The van der Waals surface area contributed by atoms with Gasteiger partial charge in [-0.25, -0.2) is 13.6 Å². The monoisotopic (exact) mass is 309 g/mol. The quantitative estimate of drug-likeness (QED) is 0.749. The normalized spacial score (nSPS) is 12.8. The van der Waals surface area contributed by atoms with Gasteiger partial charge in [0.25, 0.3) is 5.92 Å². The van der Waals surface area contributed by atoms with Crippen LogP contribution in [-0.2, 0) is 14.3 Å². The van der Waals surface area contributed by atoms with E-state index in [-0.39, 0.29) is 0 Å². The lowest BCUT2D eigenvalue weighted by molar-refractivity contribution is -0.146. The number of methoxy groups -OCH3 is 1. The summed E-state index contributed by atoms with van der Waals surface area (Å²) in [7, 11) is 1.12. The van der Waals surface area contributed by atoms with E-state index < -0.39 is 42.1 Å². The zero-order valence-corrected chi connectivity index (χ0v) is 13.8. The number of carbonyl (C=O) groups is 2. The van der Waals surface area contributed by atoms with Crippen molar-refractivity contribution in [1.82, 2.24) is 4.90 Å². The molecule has 0 bridgehead atoms. The smallest absolute Gasteiger partial charge is 0.411 e. The third-order valence-corrected chi connectivity index (χ3v) is 2.69. The van der Waals surface area contributed by atoms with Crippen LogP contribution in [0.2, 0.25) is 0 Å². The summed E-state index contributed by atoms with van der Waals surface area (Å²) in [5.74, 6) is -3.97. The van der Waals surface area contributed by atoms with E-state index in [4.69, 9.17) is 4.74 Å². The molecule has 0 heterocycles. The zero-order chi connectivity index (χ0) is 17.1. The van der Waals surface area contributed by atoms with Crippen molar-refractivity contribution in [2.45, 2.75) is 53.1 Å². The summed E-state index contributed by atoms with van der Waals surface area (Å²) in [6.07, 6.45) is -0.975. The number of ether oxygens (including phenoxy) is 2. The highest BCUT2D eigenvalue weighted by Gasteiger charge is 2.46. The molecule has 0 saturated heterocycles. The average Bonchev–Trinajstić information content (AvgIpc) is 2.23. The molecule has 124 valence electrons. The standard InChI is InChI=1S/C14H25F2NO4/c1-12(2,3)14(15,16)9-17(8-10(18)20-7)11(19)21-13(4,5)6/h8-9H2,1-7H3. The molecule has 0 aromatic rings. The number of hydrogen-bond donors (Lipinski definition) is 0. The van der Waals surface area contributed by atoms with Gasteiger partial charge in [0.2, 0.25) is 0 Å². The van der Waals surface area contributed by atoms with E-state index in [0.717, 1.165) is 7.11 Å². The number of alkyl halides is 2. The highest BCUT2D eigenvalue weighted by molar-refractivity contribution is 5.78. The van der Waals surface area contributed by atoms with Crippen LogP contribution in [-0.4, -0.2) is 48.7 Å². The molecule has 0 aromatic heterocycles. The lowest BCUT2D eigenvalue weighted by Gasteiger charge is -2.35. The first kappa shape index (κ1) is 19.6. The average molecular weight is 309 g/mol. The van der Waals surface area contributed by atoms with Gasteiger partial charge < -0.3 is 9.47 Å². The molecule has 0 aliphatic heterocycles. The van der Waals surface area contributed by atoms with E-state index >= 15 is 0 Å². The van der Waals surface area contributed by atoms with Crippen LogP contribution < -0.4 is 0 Å².